The van der Waals surface area contributed by atoms with Gasteiger partial charge in [0, 0.05) is 17.4 Å². The van der Waals surface area contributed by atoms with Crippen LogP contribution >= 0.6 is 0 Å². The van der Waals surface area contributed by atoms with Crippen LogP contribution in [0.1, 0.15) is 17.0 Å². The van der Waals surface area contributed by atoms with Gasteiger partial charge in [0.15, 0.2) is 0 Å². The van der Waals surface area contributed by atoms with Crippen LogP contribution in [-0.2, 0) is 4.79 Å². The molecule has 7 heteroatoms. The van der Waals surface area contributed by atoms with Crippen LogP contribution in [0.25, 0.3) is 11.0 Å². The summed E-state index contributed by atoms with van der Waals surface area (Å²) in [5, 5.41) is 3.09. The Morgan fingerprint density at radius 3 is 2.62 bits per heavy atom. The molecule has 3 aromatic rings. The number of anilines is 1. The largest absolute Gasteiger partial charge is 0.347 e. The van der Waals surface area contributed by atoms with E-state index in [2.05, 4.69) is 20.3 Å². The monoisotopic (exact) mass is 282 g/mol. The highest BCUT2D eigenvalue weighted by Crippen LogP contribution is 2.38. The minimum Gasteiger partial charge on any atom is -0.347 e. The zero-order chi connectivity index (χ0) is 14.6. The maximum atomic E-state index is 12.2. The van der Waals surface area contributed by atoms with E-state index < -0.39 is 17.2 Å². The summed E-state index contributed by atoms with van der Waals surface area (Å²) >= 11 is 0. The summed E-state index contributed by atoms with van der Waals surface area (Å²) in [6.07, 6.45) is 1.59. The molecule has 1 aliphatic heterocycles. The van der Waals surface area contributed by atoms with E-state index in [9.17, 15) is 14.4 Å². The van der Waals surface area contributed by atoms with Crippen LogP contribution in [0.2, 0.25) is 0 Å². The fourth-order valence-electron chi connectivity index (χ4n) is 2.84. The Balaban J connectivity index is 2.02. The van der Waals surface area contributed by atoms with Gasteiger partial charge in [-0.3, -0.25) is 19.6 Å². The number of hydrogen-bond donors (Lipinski definition) is 4. The van der Waals surface area contributed by atoms with Gasteiger partial charge in [-0.25, -0.2) is 4.79 Å². The van der Waals surface area contributed by atoms with E-state index in [0.29, 0.717) is 16.6 Å². The Bertz CT molecular complexity index is 995. The van der Waals surface area contributed by atoms with Crippen molar-refractivity contribution in [3.63, 3.8) is 0 Å². The molecule has 2 aromatic heterocycles. The molecule has 7 nitrogen and oxygen atoms in total. The average Bonchev–Trinajstić information content (AvgIpc) is 2.98. The molecule has 1 unspecified atom stereocenters. The predicted octanol–water partition coefficient (Wildman–Crippen LogP) is 0.629. The quantitative estimate of drug-likeness (QED) is 0.525. The second-order valence-electron chi connectivity index (χ2n) is 4.91. The van der Waals surface area contributed by atoms with Gasteiger partial charge in [-0.15, -0.1) is 0 Å². The molecule has 1 aliphatic rings. The number of H-pyrrole nitrogens is 3. The molecule has 0 bridgehead atoms. The molecule has 4 rings (SSSR count). The minimum absolute atomic E-state index is 0.192. The number of benzene rings is 1. The van der Waals surface area contributed by atoms with E-state index >= 15 is 0 Å². The maximum absolute atomic E-state index is 12.2. The van der Waals surface area contributed by atoms with Crippen LogP contribution in [0.3, 0.4) is 0 Å². The topological polar surface area (TPSA) is 111 Å². The first-order valence-corrected chi connectivity index (χ1v) is 6.38. The second-order valence-corrected chi connectivity index (χ2v) is 4.91. The van der Waals surface area contributed by atoms with Gasteiger partial charge in [0.1, 0.15) is 5.65 Å². The molecule has 0 aliphatic carbocycles. The fraction of sp³-hybridized carbons (Fsp3) is 0.0714. The van der Waals surface area contributed by atoms with E-state index in [1.54, 1.807) is 6.20 Å². The molecular weight excluding hydrogens is 272 g/mol. The number of carbonyl (C=O) groups excluding carboxylic acids is 1. The van der Waals surface area contributed by atoms with Crippen molar-refractivity contribution in [2.75, 3.05) is 5.32 Å². The van der Waals surface area contributed by atoms with Gasteiger partial charge in [-0.05, 0) is 11.6 Å². The SMILES string of the molecule is O=C1Nc2ccccc2C1c1c[nH]c2[nH]c(=O)[nH]c(=O)c12. The molecule has 0 fully saturated rings. The number of nitrogens with one attached hydrogen (secondary N) is 4. The van der Waals surface area contributed by atoms with Crippen molar-refractivity contribution in [3.05, 3.63) is 62.4 Å². The Morgan fingerprint density at radius 2 is 1.76 bits per heavy atom. The van der Waals surface area contributed by atoms with Crippen LogP contribution in [-0.4, -0.2) is 20.9 Å². The molecule has 1 aromatic carbocycles. The standard InChI is InChI=1S/C14H10N4O3/c19-12-9(6-3-1-2-4-8(6)16-12)7-5-15-11-10(7)13(20)18-14(21)17-11/h1-5,9H,(H,16,19)(H3,15,17,18,20,21). The lowest BCUT2D eigenvalue weighted by atomic mass is 9.93. The highest BCUT2D eigenvalue weighted by molar-refractivity contribution is 6.07. The normalized spacial score (nSPS) is 17.0. The Labute approximate surface area is 117 Å². The first-order valence-electron chi connectivity index (χ1n) is 6.38. The zero-order valence-corrected chi connectivity index (χ0v) is 10.7. The van der Waals surface area contributed by atoms with Crippen molar-refractivity contribution >= 4 is 22.6 Å². The molecule has 1 amide bonds. The van der Waals surface area contributed by atoms with Gasteiger partial charge >= 0.3 is 5.69 Å². The Morgan fingerprint density at radius 1 is 0.952 bits per heavy atom. The number of amides is 1. The second kappa shape index (κ2) is 3.95. The van der Waals surface area contributed by atoms with Gasteiger partial charge in [0.05, 0.1) is 11.3 Å². The van der Waals surface area contributed by atoms with Gasteiger partial charge in [-0.1, -0.05) is 18.2 Å². The van der Waals surface area contributed by atoms with Crippen molar-refractivity contribution < 1.29 is 4.79 Å². The first-order chi connectivity index (χ1) is 10.1. The van der Waals surface area contributed by atoms with Crippen molar-refractivity contribution in [1.29, 1.82) is 0 Å². The summed E-state index contributed by atoms with van der Waals surface area (Å²) in [4.78, 5) is 43.1. The van der Waals surface area contributed by atoms with Crippen molar-refractivity contribution in [3.8, 4) is 0 Å². The Kier molecular flexibility index (Phi) is 2.20. The van der Waals surface area contributed by atoms with Crippen LogP contribution in [0.15, 0.2) is 40.1 Å². The van der Waals surface area contributed by atoms with E-state index in [1.165, 1.54) is 0 Å². The number of hydrogen-bond acceptors (Lipinski definition) is 3. The van der Waals surface area contributed by atoms with Gasteiger partial charge < -0.3 is 10.3 Å². The molecule has 0 saturated carbocycles. The van der Waals surface area contributed by atoms with Crippen LogP contribution in [0.5, 0.6) is 0 Å². The van der Waals surface area contributed by atoms with Crippen LogP contribution in [0.4, 0.5) is 5.69 Å². The molecule has 0 radical (unpaired) electrons. The molecule has 0 saturated heterocycles. The summed E-state index contributed by atoms with van der Waals surface area (Å²) in [5.41, 5.74) is 1.32. The summed E-state index contributed by atoms with van der Waals surface area (Å²) in [6, 6.07) is 7.33. The van der Waals surface area contributed by atoms with Crippen LogP contribution < -0.4 is 16.6 Å². The molecular formula is C14H10N4O3. The molecule has 104 valence electrons. The third-order valence-corrected chi connectivity index (χ3v) is 3.71. The lowest BCUT2D eigenvalue weighted by molar-refractivity contribution is -0.116. The van der Waals surface area contributed by atoms with Crippen molar-refractivity contribution in [1.82, 2.24) is 15.0 Å². The molecule has 3 heterocycles. The number of para-hydroxylation sites is 1. The third kappa shape index (κ3) is 1.57. The maximum Gasteiger partial charge on any atom is 0.327 e. The van der Waals surface area contributed by atoms with Crippen LogP contribution in [0, 0.1) is 0 Å². The predicted molar refractivity (Wildman–Crippen MR) is 76.5 cm³/mol. The zero-order valence-electron chi connectivity index (χ0n) is 10.7. The summed E-state index contributed by atoms with van der Waals surface area (Å²) in [6.45, 7) is 0. The number of fused-ring (bicyclic) bond motifs is 2. The smallest absolute Gasteiger partial charge is 0.327 e. The van der Waals surface area contributed by atoms with E-state index in [1.807, 2.05) is 24.3 Å². The number of rotatable bonds is 1. The van der Waals surface area contributed by atoms with E-state index in [0.717, 1.165) is 11.3 Å². The first kappa shape index (κ1) is 11.7. The summed E-state index contributed by atoms with van der Waals surface area (Å²) in [7, 11) is 0. The van der Waals surface area contributed by atoms with E-state index in [4.69, 9.17) is 0 Å². The van der Waals surface area contributed by atoms with Gasteiger partial charge in [0.25, 0.3) is 5.56 Å². The average molecular weight is 282 g/mol. The lowest BCUT2D eigenvalue weighted by Gasteiger charge is -2.06. The number of aromatic amines is 3. The third-order valence-electron chi connectivity index (χ3n) is 3.71. The fourth-order valence-corrected chi connectivity index (χ4v) is 2.84. The highest BCUT2D eigenvalue weighted by atomic mass is 16.2. The molecule has 4 N–H and O–H groups in total. The highest BCUT2D eigenvalue weighted by Gasteiger charge is 2.34. The number of carbonyl (C=O) groups is 1. The van der Waals surface area contributed by atoms with Gasteiger partial charge in [-0.2, -0.15) is 0 Å². The van der Waals surface area contributed by atoms with Crippen molar-refractivity contribution in [2.45, 2.75) is 5.92 Å². The molecule has 1 atom stereocenters. The van der Waals surface area contributed by atoms with Crippen molar-refractivity contribution in [2.24, 2.45) is 0 Å². The summed E-state index contributed by atoms with van der Waals surface area (Å²) < 4.78 is 0. The summed E-state index contributed by atoms with van der Waals surface area (Å²) in [5.74, 6) is -0.760. The number of aromatic nitrogens is 3. The lowest BCUT2D eigenvalue weighted by Crippen LogP contribution is -2.23. The van der Waals surface area contributed by atoms with Gasteiger partial charge in [0.2, 0.25) is 5.91 Å². The minimum atomic E-state index is -0.586. The van der Waals surface area contributed by atoms with E-state index in [-0.39, 0.29) is 5.91 Å². The molecule has 0 spiro atoms. The molecule has 21 heavy (non-hydrogen) atoms. The Hall–Kier alpha value is -3.09.